The molecule has 0 unspecified atom stereocenters. The summed E-state index contributed by atoms with van der Waals surface area (Å²) in [5.74, 6) is 0. The van der Waals surface area contributed by atoms with Gasteiger partial charge in [-0.05, 0) is 45.1 Å². The van der Waals surface area contributed by atoms with Crippen molar-refractivity contribution in [2.75, 3.05) is 0 Å². The Morgan fingerprint density at radius 2 is 1.24 bits per heavy atom. The Bertz CT molecular complexity index is 316. The number of hydrogen-bond acceptors (Lipinski definition) is 0. The minimum absolute atomic E-state index is 0.0184. The first-order valence-corrected chi connectivity index (χ1v) is 7.73. The number of allylic oxidation sites excluding steroid dienone is 2. The Morgan fingerprint density at radius 3 is 1.67 bits per heavy atom. The zero-order valence-electron chi connectivity index (χ0n) is 11.6. The second-order valence-electron chi connectivity index (χ2n) is 4.82. The van der Waals surface area contributed by atoms with Crippen LogP contribution in [-0.2, 0) is 0 Å². The van der Waals surface area contributed by atoms with E-state index in [0.29, 0.717) is 12.8 Å². The normalized spacial score (nSPS) is 14.6. The summed E-state index contributed by atoms with van der Waals surface area (Å²) in [4.78, 5) is 0. The summed E-state index contributed by atoms with van der Waals surface area (Å²) in [6, 6.07) is 0. The van der Waals surface area contributed by atoms with Crippen LogP contribution in [0.4, 0.5) is 30.7 Å². The number of hydrogen-bond donors (Lipinski definition) is 0. The van der Waals surface area contributed by atoms with E-state index in [2.05, 4.69) is 0 Å². The Balaban J connectivity index is 4.62. The molecule has 126 valence electrons. The largest absolute Gasteiger partial charge is 0.435 e. The molecule has 0 aliphatic carbocycles. The highest BCUT2D eigenvalue weighted by molar-refractivity contribution is 14.1. The van der Waals surface area contributed by atoms with Crippen molar-refractivity contribution in [1.82, 2.24) is 0 Å². The molecule has 0 spiro atoms. The van der Waals surface area contributed by atoms with E-state index >= 15 is 0 Å². The zero-order chi connectivity index (χ0) is 16.7. The smallest absolute Gasteiger partial charge is 0.219 e. The first kappa shape index (κ1) is 21.0. The van der Waals surface area contributed by atoms with Crippen LogP contribution in [0, 0.1) is 0 Å². The van der Waals surface area contributed by atoms with Gasteiger partial charge < -0.3 is 0 Å². The van der Waals surface area contributed by atoms with E-state index in [1.165, 1.54) is 22.6 Å². The lowest BCUT2D eigenvalue weighted by Gasteiger charge is -2.27. The molecule has 0 fully saturated rings. The predicted molar refractivity (Wildman–Crippen MR) is 76.0 cm³/mol. The van der Waals surface area contributed by atoms with Crippen LogP contribution in [0.15, 0.2) is 9.66 Å². The van der Waals surface area contributed by atoms with Gasteiger partial charge in [0.15, 0.2) is 0 Å². The second kappa shape index (κ2) is 8.57. The molecule has 0 radical (unpaired) electrons. The maximum atomic E-state index is 13.4. The van der Waals surface area contributed by atoms with Crippen molar-refractivity contribution in [2.45, 2.75) is 69.9 Å². The Hall–Kier alpha value is -0.0200. The van der Waals surface area contributed by atoms with Crippen LogP contribution in [0.3, 0.4) is 0 Å². The molecule has 0 N–H and O–H groups in total. The molecule has 0 saturated carbocycles. The summed E-state index contributed by atoms with van der Waals surface area (Å²) < 4.78 is 87.2. The molecule has 0 heterocycles. The fourth-order valence-electron chi connectivity index (χ4n) is 1.69. The average molecular weight is 434 g/mol. The minimum Gasteiger partial charge on any atom is -0.219 e. The highest BCUT2D eigenvalue weighted by Crippen LogP contribution is 2.48. The quantitative estimate of drug-likeness (QED) is 0.222. The number of halogens is 8. The van der Waals surface area contributed by atoms with Crippen molar-refractivity contribution < 1.29 is 30.7 Å². The summed E-state index contributed by atoms with van der Waals surface area (Å²) in [7, 11) is 0. The molecule has 0 saturated heterocycles. The van der Waals surface area contributed by atoms with E-state index in [1.807, 2.05) is 6.92 Å². The molecule has 0 aliphatic heterocycles. The highest BCUT2D eigenvalue weighted by atomic mass is 127. The average Bonchev–Trinajstić information content (AvgIpc) is 2.30. The Labute approximate surface area is 133 Å². The summed E-state index contributed by atoms with van der Waals surface area (Å²) in [5, 5.41) is 0. The summed E-state index contributed by atoms with van der Waals surface area (Å²) in [5.41, 5.74) is -5.28. The zero-order valence-corrected chi connectivity index (χ0v) is 13.7. The van der Waals surface area contributed by atoms with Crippen LogP contribution in [0.5, 0.6) is 0 Å². The van der Waals surface area contributed by atoms with Gasteiger partial charge in [-0.2, -0.15) is 26.3 Å². The van der Waals surface area contributed by atoms with Crippen LogP contribution >= 0.6 is 22.6 Å². The van der Waals surface area contributed by atoms with E-state index in [1.54, 1.807) is 0 Å². The van der Waals surface area contributed by atoms with Gasteiger partial charge in [0.2, 0.25) is 0 Å². The van der Waals surface area contributed by atoms with Gasteiger partial charge in [0.1, 0.15) is 0 Å². The van der Waals surface area contributed by atoms with Gasteiger partial charge in [-0.15, -0.1) is 0 Å². The number of rotatable bonds is 8. The monoisotopic (exact) mass is 434 g/mol. The molecule has 21 heavy (non-hydrogen) atoms. The van der Waals surface area contributed by atoms with Crippen LogP contribution in [-0.4, -0.2) is 18.0 Å². The lowest BCUT2D eigenvalue weighted by atomic mass is 10.0. The van der Waals surface area contributed by atoms with Crippen molar-refractivity contribution in [3.63, 3.8) is 0 Å². The molecule has 0 nitrogen and oxygen atoms in total. The molecule has 0 aromatic rings. The molecule has 0 aliphatic rings. The molecule has 0 bridgehead atoms. The molecule has 0 aromatic heterocycles. The molecule has 0 rings (SSSR count). The van der Waals surface area contributed by atoms with Crippen LogP contribution in [0.1, 0.15) is 51.9 Å². The SMILES string of the molecule is CCCCCCCCC(I)=CC(F)(C(F)(F)F)C(F)(F)F. The molecule has 0 aromatic carbocycles. The highest BCUT2D eigenvalue weighted by Gasteiger charge is 2.71. The third kappa shape index (κ3) is 6.73. The van der Waals surface area contributed by atoms with Gasteiger partial charge in [-0.1, -0.05) is 39.0 Å². The summed E-state index contributed by atoms with van der Waals surface area (Å²) in [6.07, 6.45) is -7.26. The van der Waals surface area contributed by atoms with Crippen LogP contribution < -0.4 is 0 Å². The predicted octanol–water partition coefficient (Wildman–Crippen LogP) is 6.89. The first-order valence-electron chi connectivity index (χ1n) is 6.65. The Morgan fingerprint density at radius 1 is 0.810 bits per heavy atom. The molecule has 0 amide bonds. The maximum Gasteiger partial charge on any atom is 0.435 e. The number of alkyl halides is 7. The van der Waals surface area contributed by atoms with Gasteiger partial charge in [-0.25, -0.2) is 4.39 Å². The van der Waals surface area contributed by atoms with E-state index in [9.17, 15) is 30.7 Å². The Kier molecular flexibility index (Phi) is 8.56. The fourth-order valence-corrected chi connectivity index (χ4v) is 2.50. The van der Waals surface area contributed by atoms with Gasteiger partial charge in [0.25, 0.3) is 0 Å². The molecular weight excluding hydrogens is 416 g/mol. The molecule has 0 atom stereocenters. The van der Waals surface area contributed by atoms with Crippen molar-refractivity contribution in [3.8, 4) is 0 Å². The van der Waals surface area contributed by atoms with Crippen LogP contribution in [0.2, 0.25) is 0 Å². The van der Waals surface area contributed by atoms with Crippen LogP contribution in [0.25, 0.3) is 0 Å². The van der Waals surface area contributed by atoms with E-state index < -0.39 is 18.0 Å². The molecule has 8 heteroatoms. The third-order valence-corrected chi connectivity index (χ3v) is 3.80. The lowest BCUT2D eigenvalue weighted by molar-refractivity contribution is -0.322. The second-order valence-corrected chi connectivity index (χ2v) is 6.20. The van der Waals surface area contributed by atoms with Crippen molar-refractivity contribution in [3.05, 3.63) is 9.66 Å². The van der Waals surface area contributed by atoms with Gasteiger partial charge >= 0.3 is 18.0 Å². The lowest BCUT2D eigenvalue weighted by Crippen LogP contribution is -2.51. The van der Waals surface area contributed by atoms with Crippen molar-refractivity contribution in [2.24, 2.45) is 0 Å². The van der Waals surface area contributed by atoms with Gasteiger partial charge in [0, 0.05) is 0 Å². The fraction of sp³-hybridized carbons (Fsp3) is 0.846. The maximum absolute atomic E-state index is 13.4. The topological polar surface area (TPSA) is 0 Å². The van der Waals surface area contributed by atoms with E-state index in [0.717, 1.165) is 25.7 Å². The van der Waals surface area contributed by atoms with Gasteiger partial charge in [0.05, 0.1) is 0 Å². The van der Waals surface area contributed by atoms with E-state index in [-0.39, 0.29) is 16.1 Å². The first-order chi connectivity index (χ1) is 9.45. The van der Waals surface area contributed by atoms with Crippen molar-refractivity contribution in [1.29, 1.82) is 0 Å². The minimum atomic E-state index is -6.01. The summed E-state index contributed by atoms with van der Waals surface area (Å²) in [6.45, 7) is 2.03. The number of unbranched alkanes of at least 4 members (excludes halogenated alkanes) is 5. The van der Waals surface area contributed by atoms with Gasteiger partial charge in [-0.3, -0.25) is 0 Å². The standard InChI is InChI=1S/C13H18F7I/c1-2-3-4-5-6-7-8-10(21)9-11(14,12(15,16)17)13(18,19)20/h9H,2-8H2,1H3. The molecular formula is C13H18F7I. The van der Waals surface area contributed by atoms with Crippen molar-refractivity contribution >= 4 is 22.6 Å². The summed E-state index contributed by atoms with van der Waals surface area (Å²) >= 11 is 1.34. The third-order valence-electron chi connectivity index (χ3n) is 2.95. The van der Waals surface area contributed by atoms with E-state index in [4.69, 9.17) is 0 Å².